The molecule has 6 rings (SSSR count). The van der Waals surface area contributed by atoms with E-state index in [0.29, 0.717) is 25.4 Å². The molecule has 254 valence electrons. The number of urea groups is 1. The Hall–Kier alpha value is -1.47. The van der Waals surface area contributed by atoms with Gasteiger partial charge in [-0.25, -0.2) is 13.6 Å². The molecule has 5 saturated heterocycles. The fraction of sp³-hybridized carbons (Fsp3) is 0.879. The first-order chi connectivity index (χ1) is 21.6. The van der Waals surface area contributed by atoms with Gasteiger partial charge in [0.05, 0.1) is 18.4 Å². The van der Waals surface area contributed by atoms with Gasteiger partial charge < -0.3 is 25.8 Å². The quantitative estimate of drug-likeness (QED) is 0.349. The summed E-state index contributed by atoms with van der Waals surface area (Å²) in [7, 11) is 0. The number of thioether (sulfide) groups is 1. The SMILES string of the molecule is C=CC(=O)N1C[C@H](C)N(C2NC(=O)N3C4NC(C(F)CC42)C2C(F)CCCC2NCCCSC2CCNC(C(C)C)C23)C[C@H]1C. The fourth-order valence-corrected chi connectivity index (χ4v) is 10.9. The maximum Gasteiger partial charge on any atom is 0.320 e. The number of hydrogen-bond donors (Lipinski definition) is 4. The first-order valence-corrected chi connectivity index (χ1v) is 18.6. The van der Waals surface area contributed by atoms with E-state index in [1.807, 2.05) is 28.5 Å². The van der Waals surface area contributed by atoms with Crippen molar-refractivity contribution in [2.24, 2.45) is 17.8 Å². The average Bonchev–Trinajstić information content (AvgIpc) is 3.02. The molecule has 4 N–H and O–H groups in total. The number of rotatable bonds is 3. The Balaban J connectivity index is 1.39. The van der Waals surface area contributed by atoms with E-state index in [-0.39, 0.29) is 59.7 Å². The van der Waals surface area contributed by atoms with Gasteiger partial charge in [0.1, 0.15) is 12.3 Å². The molecule has 9 nitrogen and oxygen atoms in total. The molecule has 3 amide bonds. The van der Waals surface area contributed by atoms with Crippen molar-refractivity contribution in [1.82, 2.24) is 36.0 Å². The fourth-order valence-electron chi connectivity index (χ4n) is 9.51. The highest BCUT2D eigenvalue weighted by molar-refractivity contribution is 7.99. The molecule has 0 aromatic carbocycles. The highest BCUT2D eigenvalue weighted by atomic mass is 32.2. The lowest BCUT2D eigenvalue weighted by molar-refractivity contribution is -0.136. The van der Waals surface area contributed by atoms with Gasteiger partial charge in [-0.15, -0.1) is 0 Å². The van der Waals surface area contributed by atoms with Crippen LogP contribution in [0.2, 0.25) is 0 Å². The Morgan fingerprint density at radius 3 is 2.58 bits per heavy atom. The molecule has 5 aliphatic heterocycles. The summed E-state index contributed by atoms with van der Waals surface area (Å²) in [6.45, 7) is 15.0. The van der Waals surface area contributed by atoms with Crippen LogP contribution < -0.4 is 21.3 Å². The van der Waals surface area contributed by atoms with Gasteiger partial charge in [0, 0.05) is 60.4 Å². The molecule has 0 spiro atoms. The topological polar surface area (TPSA) is 92.0 Å². The van der Waals surface area contributed by atoms with E-state index in [0.717, 1.165) is 44.5 Å². The third-order valence-electron chi connectivity index (χ3n) is 11.7. The Bertz CT molecular complexity index is 1090. The van der Waals surface area contributed by atoms with Crippen LogP contribution in [0.4, 0.5) is 13.6 Å². The second-order valence-electron chi connectivity index (χ2n) is 14.8. The minimum absolute atomic E-state index is 0.0438. The highest BCUT2D eigenvalue weighted by Gasteiger charge is 2.57. The van der Waals surface area contributed by atoms with Crippen LogP contribution >= 0.6 is 11.8 Å². The zero-order valence-electron chi connectivity index (χ0n) is 27.5. The molecule has 11 unspecified atom stereocenters. The minimum atomic E-state index is -1.24. The number of alkyl halides is 2. The van der Waals surface area contributed by atoms with E-state index in [1.165, 1.54) is 6.08 Å². The summed E-state index contributed by atoms with van der Waals surface area (Å²) < 4.78 is 32.6. The molecule has 2 bridgehead atoms. The van der Waals surface area contributed by atoms with Crippen LogP contribution in [0.3, 0.4) is 0 Å². The molecule has 0 aromatic heterocycles. The number of piperidine rings is 2. The first-order valence-electron chi connectivity index (χ1n) is 17.5. The van der Waals surface area contributed by atoms with Crippen LogP contribution in [0.15, 0.2) is 12.7 Å². The van der Waals surface area contributed by atoms with Crippen LogP contribution in [0.1, 0.15) is 66.2 Å². The first kappa shape index (κ1) is 33.4. The summed E-state index contributed by atoms with van der Waals surface area (Å²) in [6, 6.07) is -1.01. The van der Waals surface area contributed by atoms with E-state index in [4.69, 9.17) is 0 Å². The summed E-state index contributed by atoms with van der Waals surface area (Å²) in [5.41, 5.74) is 0. The molecule has 6 aliphatic rings. The minimum Gasteiger partial charge on any atom is -0.334 e. The average molecular weight is 652 g/mol. The zero-order chi connectivity index (χ0) is 32.0. The Labute approximate surface area is 272 Å². The molecule has 0 radical (unpaired) electrons. The monoisotopic (exact) mass is 651 g/mol. The van der Waals surface area contributed by atoms with Crippen molar-refractivity contribution in [3.63, 3.8) is 0 Å². The lowest BCUT2D eigenvalue weighted by Crippen LogP contribution is -2.80. The van der Waals surface area contributed by atoms with Crippen molar-refractivity contribution in [2.45, 2.75) is 132 Å². The van der Waals surface area contributed by atoms with Crippen LogP contribution in [0.25, 0.3) is 0 Å². The van der Waals surface area contributed by atoms with E-state index >= 15 is 8.78 Å². The van der Waals surface area contributed by atoms with Gasteiger partial charge in [0.15, 0.2) is 0 Å². The normalized spacial score (nSPS) is 44.9. The van der Waals surface area contributed by atoms with E-state index < -0.39 is 36.6 Å². The largest absolute Gasteiger partial charge is 0.334 e. The van der Waals surface area contributed by atoms with Crippen molar-refractivity contribution in [3.8, 4) is 0 Å². The van der Waals surface area contributed by atoms with Crippen molar-refractivity contribution < 1.29 is 18.4 Å². The molecule has 1 saturated carbocycles. The number of piperazine rings is 1. The summed E-state index contributed by atoms with van der Waals surface area (Å²) >= 11 is 1.96. The molecule has 5 heterocycles. The number of hydrogen-bond acceptors (Lipinski definition) is 7. The van der Waals surface area contributed by atoms with Gasteiger partial charge in [-0.2, -0.15) is 11.8 Å². The Morgan fingerprint density at radius 2 is 1.82 bits per heavy atom. The van der Waals surface area contributed by atoms with Gasteiger partial charge in [0.2, 0.25) is 5.91 Å². The standard InChI is InChI=1S/C33H55F2N7O2S/c1-6-26(43)40-16-20(5)41(17-19(40)4)31-21-15-23(35)29-27-22(34)9-7-10-24(27)36-12-8-14-45-25-11-13-37-28(18(2)3)30(25)42(32(21)38-29)33(44)39-31/h6,18-25,27-32,36-38H,1,7-17H2,2-5H3,(H,39,44)/t19-,20+,21?,22?,23?,24?,25?,27?,28?,29?,30?,31?,32?/m1/s1. The molecule has 13 atom stereocenters. The van der Waals surface area contributed by atoms with E-state index in [9.17, 15) is 9.59 Å². The lowest BCUT2D eigenvalue weighted by atomic mass is 9.72. The van der Waals surface area contributed by atoms with E-state index in [1.54, 1.807) is 0 Å². The van der Waals surface area contributed by atoms with Gasteiger partial charge in [-0.3, -0.25) is 15.0 Å². The maximum atomic E-state index is 16.7. The zero-order valence-corrected chi connectivity index (χ0v) is 28.3. The highest BCUT2D eigenvalue weighted by Crippen LogP contribution is 2.43. The third kappa shape index (κ3) is 6.39. The van der Waals surface area contributed by atoms with Gasteiger partial charge >= 0.3 is 6.03 Å². The number of halogens is 2. The smallest absolute Gasteiger partial charge is 0.320 e. The van der Waals surface area contributed by atoms with Crippen molar-refractivity contribution >= 4 is 23.7 Å². The van der Waals surface area contributed by atoms with Crippen LogP contribution in [0.5, 0.6) is 0 Å². The van der Waals surface area contributed by atoms with Crippen molar-refractivity contribution in [1.29, 1.82) is 0 Å². The number of fused-ring (bicyclic) bond motifs is 5. The van der Waals surface area contributed by atoms with E-state index in [2.05, 4.69) is 53.5 Å². The number of carbonyl (C=O) groups excluding carboxylic acids is 2. The number of amides is 3. The molecule has 0 aromatic rings. The Kier molecular flexibility index (Phi) is 10.4. The number of nitrogens with zero attached hydrogens (tertiary/aromatic N) is 3. The number of carbonyl (C=O) groups is 2. The molecule has 1 aliphatic carbocycles. The van der Waals surface area contributed by atoms with Gasteiger partial charge in [0.25, 0.3) is 0 Å². The summed E-state index contributed by atoms with van der Waals surface area (Å²) in [5, 5.41) is 14.7. The van der Waals surface area contributed by atoms with Crippen molar-refractivity contribution in [2.75, 3.05) is 31.9 Å². The van der Waals surface area contributed by atoms with Crippen molar-refractivity contribution in [3.05, 3.63) is 12.7 Å². The van der Waals surface area contributed by atoms with Gasteiger partial charge in [-0.05, 0) is 83.2 Å². The van der Waals surface area contributed by atoms with Crippen LogP contribution in [0, 0.1) is 17.8 Å². The van der Waals surface area contributed by atoms with Crippen LogP contribution in [-0.4, -0.2) is 125 Å². The second-order valence-corrected chi connectivity index (χ2v) is 16.1. The molecule has 12 heteroatoms. The molecule has 6 fully saturated rings. The molecular weight excluding hydrogens is 596 g/mol. The molecule has 45 heavy (non-hydrogen) atoms. The summed E-state index contributed by atoms with van der Waals surface area (Å²) in [4.78, 5) is 33.3. The predicted molar refractivity (Wildman–Crippen MR) is 175 cm³/mol. The predicted octanol–water partition coefficient (Wildman–Crippen LogP) is 3.08. The van der Waals surface area contributed by atoms with Gasteiger partial charge in [-0.1, -0.05) is 20.4 Å². The maximum absolute atomic E-state index is 16.7. The summed E-state index contributed by atoms with van der Waals surface area (Å²) in [5.74, 6) is 0.430. The van der Waals surface area contributed by atoms with Crippen LogP contribution in [-0.2, 0) is 4.79 Å². The molecular formula is C33H55F2N7O2S. The number of nitrogens with one attached hydrogen (secondary N) is 4. The second kappa shape index (κ2) is 13.9. The summed E-state index contributed by atoms with van der Waals surface area (Å²) in [6.07, 6.45) is 2.46. The lowest BCUT2D eigenvalue weighted by Gasteiger charge is -2.60. The third-order valence-corrected chi connectivity index (χ3v) is 13.1. The Morgan fingerprint density at radius 1 is 1.02 bits per heavy atom.